The van der Waals surface area contributed by atoms with Crippen molar-refractivity contribution in [2.45, 2.75) is 28.1 Å². The zero-order valence-electron chi connectivity index (χ0n) is 14.8. The lowest BCUT2D eigenvalue weighted by atomic mass is 10.3. The zero-order valence-corrected chi connectivity index (χ0v) is 20.2. The first-order valence-corrected chi connectivity index (χ1v) is 13.1. The Bertz CT molecular complexity index is 1010. The molecule has 0 fully saturated rings. The van der Waals surface area contributed by atoms with Crippen LogP contribution in [-0.2, 0) is 36.6 Å². The molecule has 8 nitrogen and oxygen atoms in total. The minimum Gasteiger partial charge on any atom is -0.392 e. The molecule has 0 amide bonds. The van der Waals surface area contributed by atoms with Crippen LogP contribution >= 0.6 is 57.1 Å². The largest absolute Gasteiger partial charge is 0.392 e. The van der Waals surface area contributed by atoms with Crippen molar-refractivity contribution >= 4 is 76.3 Å². The van der Waals surface area contributed by atoms with Gasteiger partial charge in [-0.3, -0.25) is 4.18 Å². The Morgan fingerprint density at radius 3 is 1.55 bits per heavy atom. The molecule has 0 bridgehead atoms. The van der Waals surface area contributed by atoms with Crippen molar-refractivity contribution in [2.75, 3.05) is 12.5 Å². The van der Waals surface area contributed by atoms with E-state index in [4.69, 9.17) is 51.5 Å². The van der Waals surface area contributed by atoms with Gasteiger partial charge >= 0.3 is 0 Å². The van der Waals surface area contributed by atoms with E-state index >= 15 is 0 Å². The Balaban J connectivity index is -0.000000407. The second-order valence-electron chi connectivity index (χ2n) is 5.04. The summed E-state index contributed by atoms with van der Waals surface area (Å²) in [5, 5.41) is 9.68. The van der Waals surface area contributed by atoms with Crippen molar-refractivity contribution in [3.63, 3.8) is 0 Å². The molecule has 0 aliphatic carbocycles. The molecule has 0 unspecified atom stereocenters. The Morgan fingerprint density at radius 1 is 0.871 bits per heavy atom. The van der Waals surface area contributed by atoms with E-state index in [-0.39, 0.29) is 43.4 Å². The third-order valence-electron chi connectivity index (χ3n) is 2.33. The minimum atomic E-state index is -3.45. The van der Waals surface area contributed by atoms with Gasteiger partial charge in [-0.1, -0.05) is 61.3 Å². The minimum absolute atomic E-state index is 0. The second-order valence-corrected chi connectivity index (χ2v) is 11.3. The fourth-order valence-electron chi connectivity index (χ4n) is 1.26. The van der Waals surface area contributed by atoms with Crippen LogP contribution < -0.4 is 0 Å². The molecule has 0 aliphatic heterocycles. The monoisotopic (exact) mass is 578 g/mol. The van der Waals surface area contributed by atoms with E-state index in [1.54, 1.807) is 6.07 Å². The van der Waals surface area contributed by atoms with Crippen molar-refractivity contribution < 1.29 is 26.1 Å². The molecule has 31 heavy (non-hydrogen) atoms. The molecule has 0 atom stereocenters. The Morgan fingerprint density at radius 2 is 1.23 bits per heavy atom. The summed E-state index contributed by atoms with van der Waals surface area (Å²) < 4.78 is 44.6. The highest BCUT2D eigenvalue weighted by Gasteiger charge is 2.05. The van der Waals surface area contributed by atoms with E-state index < -0.39 is 19.2 Å². The van der Waals surface area contributed by atoms with Gasteiger partial charge in [-0.25, -0.2) is 18.4 Å². The summed E-state index contributed by atoms with van der Waals surface area (Å²) in [4.78, 5) is 7.46. The number of aliphatic hydroxyl groups is 1. The van der Waals surface area contributed by atoms with Crippen molar-refractivity contribution in [2.24, 2.45) is 0 Å². The summed E-state index contributed by atoms with van der Waals surface area (Å²) in [5.74, 6) is 0. The Kier molecular flexibility index (Phi) is 18.4. The summed E-state index contributed by atoms with van der Waals surface area (Å²) in [7, 11) is -2.14. The average molecular weight is 581 g/mol. The normalized spacial score (nSPS) is 10.3. The fraction of sp³-hybridized carbons (Fsp3) is 0.375. The molecular weight excluding hydrogens is 558 g/mol. The smallest absolute Gasteiger partial charge is 0.264 e. The van der Waals surface area contributed by atoms with Crippen molar-refractivity contribution in [3.8, 4) is 0 Å². The highest BCUT2D eigenvalue weighted by molar-refractivity contribution is 8.13. The van der Waals surface area contributed by atoms with Gasteiger partial charge in [-0.05, 0) is 23.3 Å². The number of nitrogens with zero attached hydrogens (tertiary/aromatic N) is 2. The maximum Gasteiger partial charge on any atom is 0.264 e. The summed E-state index contributed by atoms with van der Waals surface area (Å²) in [6.07, 6.45) is 4.78. The average Bonchev–Trinajstić information content (AvgIpc) is 2.57. The molecule has 15 heteroatoms. The molecule has 0 saturated carbocycles. The first-order valence-electron chi connectivity index (χ1n) is 7.07. The molecule has 2 aromatic rings. The molecule has 2 rings (SSSR count). The standard InChI is InChI=1S/C7H7Cl2NO3S.C6H5Cl2NO.CH3ClO2S.2CH4/c1-14(11,12)13-4-5-2-6(8)7(9)10-3-5;7-5-1-4(3-10)2-9-6(5)8;1-5(2,3)4;;/h2-3H,4H2,1H3;1-2,10H,3H2;1H3;2*1H4. The third-order valence-corrected chi connectivity index (χ3v) is 4.25. The quantitative estimate of drug-likeness (QED) is 0.297. The molecule has 2 aromatic heterocycles. The first-order chi connectivity index (χ1) is 13.1. The molecule has 1 N–H and O–H groups in total. The van der Waals surface area contributed by atoms with Crippen LogP contribution in [0.15, 0.2) is 24.5 Å². The van der Waals surface area contributed by atoms with E-state index in [0.717, 1.165) is 12.5 Å². The van der Waals surface area contributed by atoms with Gasteiger partial charge in [0.15, 0.2) is 0 Å². The molecular formula is C16H23Cl5N2O6S2. The predicted octanol–water partition coefficient (Wildman–Crippen LogP) is 5.20. The van der Waals surface area contributed by atoms with Gasteiger partial charge in [-0.15, -0.1) is 0 Å². The molecule has 0 radical (unpaired) electrons. The van der Waals surface area contributed by atoms with E-state index in [1.165, 1.54) is 18.5 Å². The number of aromatic nitrogens is 2. The van der Waals surface area contributed by atoms with Gasteiger partial charge < -0.3 is 5.11 Å². The van der Waals surface area contributed by atoms with Crippen molar-refractivity contribution in [1.82, 2.24) is 9.97 Å². The van der Waals surface area contributed by atoms with E-state index in [9.17, 15) is 16.8 Å². The van der Waals surface area contributed by atoms with Crippen LogP contribution in [0.3, 0.4) is 0 Å². The van der Waals surface area contributed by atoms with Crippen LogP contribution in [0.4, 0.5) is 0 Å². The van der Waals surface area contributed by atoms with Crippen LogP contribution in [-0.4, -0.2) is 44.4 Å². The summed E-state index contributed by atoms with van der Waals surface area (Å²) >= 11 is 22.3. The number of halogens is 5. The molecule has 0 aromatic carbocycles. The van der Waals surface area contributed by atoms with Gasteiger partial charge in [0, 0.05) is 23.1 Å². The van der Waals surface area contributed by atoms with Crippen molar-refractivity contribution in [1.29, 1.82) is 0 Å². The fourth-order valence-corrected chi connectivity index (χ4v) is 2.20. The van der Waals surface area contributed by atoms with Crippen LogP contribution in [0, 0.1) is 0 Å². The lowest BCUT2D eigenvalue weighted by Gasteiger charge is -2.02. The maximum absolute atomic E-state index is 10.7. The molecule has 0 spiro atoms. The lowest BCUT2D eigenvalue weighted by Crippen LogP contribution is -2.02. The van der Waals surface area contributed by atoms with Crippen LogP contribution in [0.1, 0.15) is 26.0 Å². The van der Waals surface area contributed by atoms with Gasteiger partial charge in [-0.2, -0.15) is 8.42 Å². The predicted molar refractivity (Wildman–Crippen MR) is 128 cm³/mol. The zero-order chi connectivity index (χ0) is 22.8. The number of pyridine rings is 2. The van der Waals surface area contributed by atoms with Crippen LogP contribution in [0.5, 0.6) is 0 Å². The first kappa shape index (κ1) is 35.2. The second kappa shape index (κ2) is 16.2. The number of hydrogen-bond acceptors (Lipinski definition) is 8. The molecule has 2 heterocycles. The molecule has 180 valence electrons. The van der Waals surface area contributed by atoms with Gasteiger partial charge in [0.1, 0.15) is 10.3 Å². The third kappa shape index (κ3) is 19.9. The SMILES string of the molecule is C.C.CS(=O)(=O)Cl.CS(=O)(=O)OCc1cnc(Cl)c(Cl)c1.OCc1cnc(Cl)c(Cl)c1. The van der Waals surface area contributed by atoms with E-state index in [0.29, 0.717) is 16.1 Å². The van der Waals surface area contributed by atoms with E-state index in [2.05, 4.69) is 24.8 Å². The molecule has 0 saturated heterocycles. The van der Waals surface area contributed by atoms with Gasteiger partial charge in [0.05, 0.1) is 35.8 Å². The summed E-state index contributed by atoms with van der Waals surface area (Å²) in [5.41, 5.74) is 1.21. The van der Waals surface area contributed by atoms with Crippen molar-refractivity contribution in [3.05, 3.63) is 56.0 Å². The van der Waals surface area contributed by atoms with Gasteiger partial charge in [0.2, 0.25) is 9.05 Å². The van der Waals surface area contributed by atoms with E-state index in [1.807, 2.05) is 0 Å². The maximum atomic E-state index is 10.7. The molecule has 0 aliphatic rings. The Labute approximate surface area is 208 Å². The summed E-state index contributed by atoms with van der Waals surface area (Å²) in [6.45, 7) is -0.160. The number of hydrogen-bond donors (Lipinski definition) is 1. The summed E-state index contributed by atoms with van der Waals surface area (Å²) in [6, 6.07) is 3.08. The topological polar surface area (TPSA) is 124 Å². The Hall–Kier alpha value is -0.430. The lowest BCUT2D eigenvalue weighted by molar-refractivity contribution is 0.281. The van der Waals surface area contributed by atoms with Crippen LogP contribution in [0.25, 0.3) is 0 Å². The highest BCUT2D eigenvalue weighted by atomic mass is 35.7. The van der Waals surface area contributed by atoms with Gasteiger partial charge in [0.25, 0.3) is 10.1 Å². The number of aliphatic hydroxyl groups excluding tert-OH is 1. The number of rotatable bonds is 4. The highest BCUT2D eigenvalue weighted by Crippen LogP contribution is 2.20. The van der Waals surface area contributed by atoms with Crippen LogP contribution in [0.2, 0.25) is 20.4 Å².